The molecule has 0 saturated heterocycles. The van der Waals surface area contributed by atoms with E-state index in [2.05, 4.69) is 21.0 Å². The number of hydrogen-bond acceptors (Lipinski definition) is 10. The molecule has 0 aliphatic carbocycles. The van der Waals surface area contributed by atoms with Crippen LogP contribution in [0.4, 0.5) is 5.69 Å². The lowest BCUT2D eigenvalue weighted by Gasteiger charge is -2.11. The molecule has 0 saturated carbocycles. The number of aromatic nitrogens is 2. The number of fused-ring (bicyclic) bond motifs is 3. The van der Waals surface area contributed by atoms with Crippen molar-refractivity contribution in [3.8, 4) is 34.6 Å². The summed E-state index contributed by atoms with van der Waals surface area (Å²) in [6, 6.07) is 22.2. The van der Waals surface area contributed by atoms with E-state index >= 15 is 0 Å². The summed E-state index contributed by atoms with van der Waals surface area (Å²) in [5.74, 6) is 2.11. The van der Waals surface area contributed by atoms with Crippen LogP contribution in [0.2, 0.25) is 0 Å². The standard InChI is InChI=1S/C32H21BrN4O8/c1-41-25-7-4-8-26-22(25)14-29(45-26)31-35-23-6-3-2-5-21(23)32(38)36(31)34-15-19-12-20(33)13-24(37(39)40)30(19)42-16-18-9-10-27-28(11-18)44-17-43-27/h2-15H,16-17H2,1H3. The van der Waals surface area contributed by atoms with Crippen molar-refractivity contribution in [1.82, 2.24) is 9.66 Å². The van der Waals surface area contributed by atoms with E-state index in [4.69, 9.17) is 28.3 Å². The number of nitro groups is 1. The molecule has 0 radical (unpaired) electrons. The first-order valence-corrected chi connectivity index (χ1v) is 14.3. The van der Waals surface area contributed by atoms with Crippen LogP contribution in [0.15, 0.2) is 97.6 Å². The number of halogens is 1. The van der Waals surface area contributed by atoms with Gasteiger partial charge >= 0.3 is 5.69 Å². The van der Waals surface area contributed by atoms with Crippen molar-refractivity contribution in [2.45, 2.75) is 6.61 Å². The Bertz CT molecular complexity index is 2230. The van der Waals surface area contributed by atoms with Gasteiger partial charge in [0, 0.05) is 16.1 Å². The average molecular weight is 669 g/mol. The molecule has 4 aromatic carbocycles. The van der Waals surface area contributed by atoms with Crippen LogP contribution in [-0.2, 0) is 6.61 Å². The molecular weight excluding hydrogens is 648 g/mol. The quantitative estimate of drug-likeness (QED) is 0.0986. The van der Waals surface area contributed by atoms with Gasteiger partial charge in [-0.3, -0.25) is 14.9 Å². The summed E-state index contributed by atoms with van der Waals surface area (Å²) in [7, 11) is 1.55. The summed E-state index contributed by atoms with van der Waals surface area (Å²) >= 11 is 3.34. The molecule has 7 rings (SSSR count). The van der Waals surface area contributed by atoms with E-state index in [1.807, 2.05) is 0 Å². The van der Waals surface area contributed by atoms with E-state index in [9.17, 15) is 14.9 Å². The van der Waals surface area contributed by atoms with Crippen molar-refractivity contribution < 1.29 is 28.3 Å². The van der Waals surface area contributed by atoms with Crippen LogP contribution in [0.25, 0.3) is 33.5 Å². The van der Waals surface area contributed by atoms with Crippen LogP contribution in [0.3, 0.4) is 0 Å². The SMILES string of the molecule is COc1cccc2oc(-c3nc4ccccc4c(=O)n3N=Cc3cc(Br)cc([N+](=O)[O-])c3OCc3ccc4c(c3)OCO4)cc12. The predicted octanol–water partition coefficient (Wildman–Crippen LogP) is 6.68. The lowest BCUT2D eigenvalue weighted by Crippen LogP contribution is -2.20. The highest BCUT2D eigenvalue weighted by molar-refractivity contribution is 9.10. The highest BCUT2D eigenvalue weighted by atomic mass is 79.9. The minimum absolute atomic E-state index is 0.0104. The molecule has 6 aromatic rings. The van der Waals surface area contributed by atoms with Gasteiger partial charge in [0.15, 0.2) is 17.3 Å². The molecule has 0 spiro atoms. The Labute approximate surface area is 262 Å². The van der Waals surface area contributed by atoms with Crippen molar-refractivity contribution in [2.24, 2.45) is 5.10 Å². The highest BCUT2D eigenvalue weighted by Gasteiger charge is 2.23. The Hall–Kier alpha value is -5.69. The number of methoxy groups -OCH3 is 1. The second-order valence-corrected chi connectivity index (χ2v) is 10.8. The fraction of sp³-hybridized carbons (Fsp3) is 0.0938. The van der Waals surface area contributed by atoms with E-state index in [1.54, 1.807) is 79.9 Å². The Balaban J connectivity index is 1.34. The fourth-order valence-electron chi connectivity index (χ4n) is 5.01. The second kappa shape index (κ2) is 11.4. The van der Waals surface area contributed by atoms with Crippen LogP contribution in [0.1, 0.15) is 11.1 Å². The summed E-state index contributed by atoms with van der Waals surface area (Å²) < 4.78 is 29.9. The average Bonchev–Trinajstić information content (AvgIpc) is 3.70. The van der Waals surface area contributed by atoms with Gasteiger partial charge in [-0.2, -0.15) is 9.78 Å². The lowest BCUT2D eigenvalue weighted by molar-refractivity contribution is -0.386. The molecule has 224 valence electrons. The van der Waals surface area contributed by atoms with E-state index in [1.165, 1.54) is 12.3 Å². The number of nitro benzene ring substituents is 1. The minimum Gasteiger partial charge on any atom is -0.496 e. The number of ether oxygens (including phenoxy) is 4. The normalized spacial score (nSPS) is 12.3. The zero-order chi connectivity index (χ0) is 31.1. The van der Waals surface area contributed by atoms with Gasteiger partial charge in [-0.25, -0.2) is 4.98 Å². The first-order valence-electron chi connectivity index (χ1n) is 13.5. The summed E-state index contributed by atoms with van der Waals surface area (Å²) in [6.45, 7) is 0.106. The lowest BCUT2D eigenvalue weighted by atomic mass is 10.1. The van der Waals surface area contributed by atoms with E-state index in [-0.39, 0.29) is 42.0 Å². The molecule has 0 amide bonds. The maximum atomic E-state index is 13.8. The first-order chi connectivity index (χ1) is 21.9. The number of nitrogens with zero attached hydrogens (tertiary/aromatic N) is 4. The summed E-state index contributed by atoms with van der Waals surface area (Å²) in [4.78, 5) is 30.0. The minimum atomic E-state index is -0.548. The van der Waals surface area contributed by atoms with Crippen molar-refractivity contribution in [3.05, 3.63) is 115 Å². The number of benzene rings is 4. The van der Waals surface area contributed by atoms with Crippen LogP contribution < -0.4 is 24.5 Å². The number of furan rings is 1. The van der Waals surface area contributed by atoms with Crippen LogP contribution in [0, 0.1) is 10.1 Å². The van der Waals surface area contributed by atoms with Crippen LogP contribution >= 0.6 is 15.9 Å². The molecule has 0 bridgehead atoms. The molecule has 2 aromatic heterocycles. The molecule has 0 fully saturated rings. The third kappa shape index (κ3) is 5.23. The zero-order valence-corrected chi connectivity index (χ0v) is 25.0. The van der Waals surface area contributed by atoms with Crippen LogP contribution in [-0.4, -0.2) is 34.7 Å². The predicted molar refractivity (Wildman–Crippen MR) is 168 cm³/mol. The first kappa shape index (κ1) is 28.1. The van der Waals surface area contributed by atoms with E-state index in [0.717, 1.165) is 4.68 Å². The van der Waals surface area contributed by atoms with Crippen molar-refractivity contribution >= 4 is 49.7 Å². The number of hydrogen-bond donors (Lipinski definition) is 0. The Morgan fingerprint density at radius 1 is 1.04 bits per heavy atom. The van der Waals surface area contributed by atoms with Gasteiger partial charge in [-0.15, -0.1) is 0 Å². The molecule has 1 aliphatic heterocycles. The molecule has 1 aliphatic rings. The van der Waals surface area contributed by atoms with Crippen LogP contribution in [0.5, 0.6) is 23.0 Å². The molecule has 3 heterocycles. The molecule has 13 heteroatoms. The van der Waals surface area contributed by atoms with Crippen molar-refractivity contribution in [3.63, 3.8) is 0 Å². The van der Waals surface area contributed by atoms with Crippen molar-refractivity contribution in [2.75, 3.05) is 13.9 Å². The smallest absolute Gasteiger partial charge is 0.312 e. The molecule has 0 N–H and O–H groups in total. The molecule has 0 unspecified atom stereocenters. The zero-order valence-electron chi connectivity index (χ0n) is 23.4. The van der Waals surface area contributed by atoms with Gasteiger partial charge in [0.1, 0.15) is 17.9 Å². The molecule has 45 heavy (non-hydrogen) atoms. The maximum Gasteiger partial charge on any atom is 0.312 e. The van der Waals surface area contributed by atoms with Crippen molar-refractivity contribution in [1.29, 1.82) is 0 Å². The maximum absolute atomic E-state index is 13.8. The van der Waals surface area contributed by atoms with E-state index < -0.39 is 10.5 Å². The number of rotatable bonds is 8. The summed E-state index contributed by atoms with van der Waals surface area (Å²) in [6.07, 6.45) is 1.32. The highest BCUT2D eigenvalue weighted by Crippen LogP contribution is 2.37. The molecule has 0 atom stereocenters. The van der Waals surface area contributed by atoms with Gasteiger partial charge in [-0.05, 0) is 54.1 Å². The fourth-order valence-corrected chi connectivity index (χ4v) is 5.47. The Kier molecular flexibility index (Phi) is 7.14. The summed E-state index contributed by atoms with van der Waals surface area (Å²) in [5.41, 5.74) is 1.17. The third-order valence-electron chi connectivity index (χ3n) is 7.11. The largest absolute Gasteiger partial charge is 0.496 e. The van der Waals surface area contributed by atoms with Gasteiger partial charge in [0.25, 0.3) is 5.56 Å². The summed E-state index contributed by atoms with van der Waals surface area (Å²) in [5, 5.41) is 17.6. The monoisotopic (exact) mass is 668 g/mol. The van der Waals surface area contributed by atoms with Gasteiger partial charge in [0.05, 0.1) is 34.5 Å². The van der Waals surface area contributed by atoms with Gasteiger partial charge in [-0.1, -0.05) is 40.2 Å². The Morgan fingerprint density at radius 3 is 2.73 bits per heavy atom. The topological polar surface area (TPSA) is 140 Å². The van der Waals surface area contributed by atoms with Gasteiger partial charge < -0.3 is 23.4 Å². The molecule has 12 nitrogen and oxygen atoms in total. The van der Waals surface area contributed by atoms with E-state index in [0.29, 0.717) is 49.2 Å². The third-order valence-corrected chi connectivity index (χ3v) is 7.57. The number of para-hydroxylation sites is 1. The second-order valence-electron chi connectivity index (χ2n) is 9.87. The Morgan fingerprint density at radius 2 is 1.89 bits per heavy atom. The molecular formula is C32H21BrN4O8. The van der Waals surface area contributed by atoms with Gasteiger partial charge in [0.2, 0.25) is 18.4 Å².